The SMILES string of the molecule is CC/C=C\C/C=C\C/C=C\CCCCCC(=O)OC(COC(=O)CCCCCCCCCCCC)COP(=O)(O)OCC(O)CO. The Hall–Kier alpha value is -1.81. The lowest BCUT2D eigenvalue weighted by molar-refractivity contribution is -0.161. The molecule has 3 N–H and O–H groups in total. The van der Waals surface area contributed by atoms with E-state index in [9.17, 15) is 24.2 Å². The molecule has 0 radical (unpaired) electrons. The molecule has 0 aliphatic carbocycles. The minimum atomic E-state index is -4.61. The largest absolute Gasteiger partial charge is 0.472 e. The van der Waals surface area contributed by atoms with Crippen molar-refractivity contribution < 1.29 is 47.8 Å². The summed E-state index contributed by atoms with van der Waals surface area (Å²) in [5, 5.41) is 18.2. The van der Waals surface area contributed by atoms with E-state index in [4.69, 9.17) is 19.1 Å². The van der Waals surface area contributed by atoms with E-state index in [-0.39, 0.29) is 19.4 Å². The molecular formula is C35H63O10P. The van der Waals surface area contributed by atoms with Crippen molar-refractivity contribution >= 4 is 19.8 Å². The smallest absolute Gasteiger partial charge is 0.462 e. The maximum absolute atomic E-state index is 12.5. The lowest BCUT2D eigenvalue weighted by Crippen LogP contribution is -2.29. The lowest BCUT2D eigenvalue weighted by Gasteiger charge is -2.20. The van der Waals surface area contributed by atoms with Crippen molar-refractivity contribution in [3.63, 3.8) is 0 Å². The Morgan fingerprint density at radius 1 is 0.674 bits per heavy atom. The van der Waals surface area contributed by atoms with E-state index >= 15 is 0 Å². The fourth-order valence-electron chi connectivity index (χ4n) is 4.36. The van der Waals surface area contributed by atoms with E-state index in [1.165, 1.54) is 38.5 Å². The number of unbranched alkanes of at least 4 members (excludes halogenated alkanes) is 12. The molecule has 0 aromatic carbocycles. The van der Waals surface area contributed by atoms with E-state index in [1.807, 2.05) is 0 Å². The number of carbonyl (C=O) groups excluding carboxylic acids is 2. The van der Waals surface area contributed by atoms with E-state index < -0.39 is 51.8 Å². The molecule has 0 aromatic heterocycles. The molecule has 0 saturated carbocycles. The van der Waals surface area contributed by atoms with Crippen molar-refractivity contribution in [1.29, 1.82) is 0 Å². The standard InChI is InChI=1S/C35H63O10P/c1-3-5-7-9-11-13-15-16-17-19-21-23-25-27-35(39)45-33(31-44-46(40,41)43-29-32(37)28-36)30-42-34(38)26-24-22-20-18-14-12-10-8-6-4-2/h5,7,11,13,16-17,32-33,36-37H,3-4,6,8-10,12,14-15,18-31H2,1-2H3,(H,40,41)/b7-5-,13-11-,17-16-. The highest BCUT2D eigenvalue weighted by atomic mass is 31.2. The normalized spacial score (nSPS) is 14.6. The summed E-state index contributed by atoms with van der Waals surface area (Å²) in [6.07, 6.45) is 28.4. The molecule has 0 aliphatic rings. The van der Waals surface area contributed by atoms with Crippen LogP contribution in [-0.4, -0.2) is 65.7 Å². The van der Waals surface area contributed by atoms with Gasteiger partial charge in [-0.05, 0) is 44.9 Å². The second-order valence-electron chi connectivity index (χ2n) is 11.5. The number of carbonyl (C=O) groups is 2. The van der Waals surface area contributed by atoms with Gasteiger partial charge in [0.05, 0.1) is 19.8 Å². The van der Waals surface area contributed by atoms with Crippen LogP contribution in [0.1, 0.15) is 136 Å². The second-order valence-corrected chi connectivity index (χ2v) is 13.0. The molecule has 0 spiro atoms. The van der Waals surface area contributed by atoms with Gasteiger partial charge in [0, 0.05) is 12.8 Å². The Balaban J connectivity index is 4.48. The first-order valence-electron chi connectivity index (χ1n) is 17.4. The Labute approximate surface area is 278 Å². The van der Waals surface area contributed by atoms with Gasteiger partial charge in [0.25, 0.3) is 0 Å². The van der Waals surface area contributed by atoms with Gasteiger partial charge in [-0.15, -0.1) is 0 Å². The summed E-state index contributed by atoms with van der Waals surface area (Å²) in [5.41, 5.74) is 0. The summed E-state index contributed by atoms with van der Waals surface area (Å²) in [5.74, 6) is -0.964. The minimum Gasteiger partial charge on any atom is -0.462 e. The minimum absolute atomic E-state index is 0.150. The number of aliphatic hydroxyl groups is 2. The van der Waals surface area contributed by atoms with Gasteiger partial charge in [-0.25, -0.2) is 4.57 Å². The zero-order valence-corrected chi connectivity index (χ0v) is 29.4. The maximum atomic E-state index is 12.5. The average Bonchev–Trinajstić information content (AvgIpc) is 3.04. The molecule has 0 aromatic rings. The zero-order chi connectivity index (χ0) is 34.1. The van der Waals surface area contributed by atoms with Gasteiger partial charge in [0.1, 0.15) is 12.7 Å². The number of hydrogen-bond acceptors (Lipinski definition) is 9. The Morgan fingerprint density at radius 2 is 1.20 bits per heavy atom. The average molecular weight is 675 g/mol. The van der Waals surface area contributed by atoms with E-state index in [2.05, 4.69) is 54.8 Å². The summed E-state index contributed by atoms with van der Waals surface area (Å²) in [7, 11) is -4.61. The number of rotatable bonds is 32. The van der Waals surface area contributed by atoms with Crippen LogP contribution in [0, 0.1) is 0 Å². The molecule has 268 valence electrons. The Kier molecular flexibility index (Phi) is 30.5. The third kappa shape index (κ3) is 30.8. The van der Waals surface area contributed by atoms with Crippen LogP contribution in [0.3, 0.4) is 0 Å². The van der Waals surface area contributed by atoms with Crippen molar-refractivity contribution in [2.24, 2.45) is 0 Å². The number of esters is 2. The summed E-state index contributed by atoms with van der Waals surface area (Å²) in [6.45, 7) is 2.18. The highest BCUT2D eigenvalue weighted by molar-refractivity contribution is 7.47. The first-order valence-corrected chi connectivity index (χ1v) is 18.9. The molecule has 10 nitrogen and oxygen atoms in total. The Bertz CT molecular complexity index is 873. The summed E-state index contributed by atoms with van der Waals surface area (Å²) >= 11 is 0. The van der Waals surface area contributed by atoms with Gasteiger partial charge < -0.3 is 24.6 Å². The number of hydrogen-bond donors (Lipinski definition) is 3. The topological polar surface area (TPSA) is 149 Å². The first-order chi connectivity index (χ1) is 22.2. The van der Waals surface area contributed by atoms with E-state index in [1.54, 1.807) is 0 Å². The fraction of sp³-hybridized carbons (Fsp3) is 0.771. The first kappa shape index (κ1) is 44.2. The summed E-state index contributed by atoms with van der Waals surface area (Å²) in [4.78, 5) is 34.6. The van der Waals surface area contributed by atoms with Gasteiger partial charge >= 0.3 is 19.8 Å². The molecule has 0 saturated heterocycles. The predicted molar refractivity (Wildman–Crippen MR) is 182 cm³/mol. The second kappa shape index (κ2) is 31.8. The van der Waals surface area contributed by atoms with Crippen LogP contribution >= 0.6 is 7.82 Å². The molecule has 0 fully saturated rings. The number of aliphatic hydroxyl groups excluding tert-OH is 2. The van der Waals surface area contributed by atoms with Crippen molar-refractivity contribution in [1.82, 2.24) is 0 Å². The molecule has 0 rings (SSSR count). The third-order valence-corrected chi connectivity index (χ3v) is 8.01. The third-order valence-electron chi connectivity index (χ3n) is 7.06. The molecule has 46 heavy (non-hydrogen) atoms. The highest BCUT2D eigenvalue weighted by Gasteiger charge is 2.27. The van der Waals surface area contributed by atoms with Crippen LogP contribution in [0.5, 0.6) is 0 Å². The molecule has 11 heteroatoms. The van der Waals surface area contributed by atoms with Gasteiger partial charge in [-0.1, -0.05) is 115 Å². The molecule has 0 bridgehead atoms. The number of phosphoric ester groups is 1. The lowest BCUT2D eigenvalue weighted by atomic mass is 10.1. The van der Waals surface area contributed by atoms with E-state index in [0.717, 1.165) is 57.8 Å². The van der Waals surface area contributed by atoms with Crippen LogP contribution in [0.25, 0.3) is 0 Å². The molecule has 0 aliphatic heterocycles. The summed E-state index contributed by atoms with van der Waals surface area (Å²) in [6, 6.07) is 0. The Morgan fingerprint density at radius 3 is 1.80 bits per heavy atom. The zero-order valence-electron chi connectivity index (χ0n) is 28.5. The number of ether oxygens (including phenoxy) is 2. The van der Waals surface area contributed by atoms with Crippen molar-refractivity contribution in [3.8, 4) is 0 Å². The molecule has 3 unspecified atom stereocenters. The predicted octanol–water partition coefficient (Wildman–Crippen LogP) is 8.05. The quantitative estimate of drug-likeness (QED) is 0.0277. The van der Waals surface area contributed by atoms with Crippen molar-refractivity contribution in [2.75, 3.05) is 26.4 Å². The van der Waals surface area contributed by atoms with Crippen LogP contribution in [0.4, 0.5) is 0 Å². The van der Waals surface area contributed by atoms with Crippen LogP contribution in [0.2, 0.25) is 0 Å². The van der Waals surface area contributed by atoms with Crippen LogP contribution in [-0.2, 0) is 32.7 Å². The van der Waals surface area contributed by atoms with Gasteiger partial charge in [0.2, 0.25) is 0 Å². The monoisotopic (exact) mass is 674 g/mol. The highest BCUT2D eigenvalue weighted by Crippen LogP contribution is 2.43. The molecular weight excluding hydrogens is 611 g/mol. The van der Waals surface area contributed by atoms with Gasteiger partial charge in [0.15, 0.2) is 6.10 Å². The molecule has 0 heterocycles. The van der Waals surface area contributed by atoms with E-state index in [0.29, 0.717) is 12.8 Å². The van der Waals surface area contributed by atoms with Crippen LogP contribution < -0.4 is 0 Å². The maximum Gasteiger partial charge on any atom is 0.472 e. The number of allylic oxidation sites excluding steroid dienone is 6. The fourth-order valence-corrected chi connectivity index (χ4v) is 5.15. The summed E-state index contributed by atoms with van der Waals surface area (Å²) < 4.78 is 32.4. The number of phosphoric acid groups is 1. The van der Waals surface area contributed by atoms with Crippen molar-refractivity contribution in [3.05, 3.63) is 36.5 Å². The van der Waals surface area contributed by atoms with Crippen LogP contribution in [0.15, 0.2) is 36.5 Å². The van der Waals surface area contributed by atoms with Gasteiger partial charge in [-0.2, -0.15) is 0 Å². The molecule has 3 atom stereocenters. The van der Waals surface area contributed by atoms with Gasteiger partial charge in [-0.3, -0.25) is 18.6 Å². The molecule has 0 amide bonds. The van der Waals surface area contributed by atoms with Crippen molar-refractivity contribution in [2.45, 2.75) is 148 Å².